The summed E-state index contributed by atoms with van der Waals surface area (Å²) in [6.45, 7) is 0. The van der Waals surface area contributed by atoms with Gasteiger partial charge < -0.3 is 0 Å². The monoisotopic (exact) mass is 264 g/mol. The fraction of sp³-hybridized carbons (Fsp3) is 0.250. The Morgan fingerprint density at radius 2 is 2.21 bits per heavy atom. The number of pyridine rings is 1. The van der Waals surface area contributed by atoms with Crippen LogP contribution in [0.1, 0.15) is 17.7 Å². The first-order chi connectivity index (χ1) is 6.56. The van der Waals surface area contributed by atoms with E-state index in [2.05, 4.69) is 20.9 Å². The van der Waals surface area contributed by atoms with Crippen LogP contribution < -0.4 is 0 Å². The normalized spacial score (nSPS) is 10.3. The van der Waals surface area contributed by atoms with Crippen molar-refractivity contribution in [1.29, 1.82) is 5.26 Å². The Kier molecular flexibility index (Phi) is 3.47. The fourth-order valence-corrected chi connectivity index (χ4v) is 1.33. The van der Waals surface area contributed by atoms with Gasteiger partial charge in [0.2, 0.25) is 0 Å². The Labute approximate surface area is 86.5 Å². The van der Waals surface area contributed by atoms with Crippen LogP contribution in [0.25, 0.3) is 0 Å². The minimum absolute atomic E-state index is 0.0754. The van der Waals surface area contributed by atoms with Crippen molar-refractivity contribution < 1.29 is 13.2 Å². The third-order valence-corrected chi connectivity index (χ3v) is 2.19. The molecule has 0 atom stereocenters. The summed E-state index contributed by atoms with van der Waals surface area (Å²) in [5, 5.41) is 8.34. The summed E-state index contributed by atoms with van der Waals surface area (Å²) in [4.78, 5) is 3.33. The molecule has 0 saturated heterocycles. The van der Waals surface area contributed by atoms with Crippen LogP contribution in [0.2, 0.25) is 0 Å². The number of hydrogen-bond donors (Lipinski definition) is 0. The van der Waals surface area contributed by atoms with E-state index in [0.717, 1.165) is 6.07 Å². The lowest BCUT2D eigenvalue weighted by Crippen LogP contribution is -1.99. The second-order valence-electron chi connectivity index (χ2n) is 2.44. The highest BCUT2D eigenvalue weighted by molar-refractivity contribution is 9.10. The van der Waals surface area contributed by atoms with Crippen LogP contribution in [0.3, 0.4) is 0 Å². The summed E-state index contributed by atoms with van der Waals surface area (Å²) in [7, 11) is 0. The molecule has 74 valence electrons. The minimum Gasteiger partial charge on any atom is -0.236 e. The second-order valence-corrected chi connectivity index (χ2v) is 3.19. The number of halogens is 4. The van der Waals surface area contributed by atoms with Crippen molar-refractivity contribution in [2.24, 2.45) is 0 Å². The van der Waals surface area contributed by atoms with Gasteiger partial charge in [0.15, 0.2) is 5.82 Å². The highest BCUT2D eigenvalue weighted by Crippen LogP contribution is 2.24. The van der Waals surface area contributed by atoms with Crippen LogP contribution >= 0.6 is 15.9 Å². The molecule has 1 heterocycles. The van der Waals surface area contributed by atoms with Gasteiger partial charge in [-0.25, -0.2) is 18.2 Å². The van der Waals surface area contributed by atoms with E-state index in [0.29, 0.717) is 0 Å². The van der Waals surface area contributed by atoms with Crippen LogP contribution in [0.4, 0.5) is 13.2 Å². The molecule has 0 unspecified atom stereocenters. The standard InChI is InChI=1S/C8H4BrF3N2/c9-7-4(1-2-13)3-5(10)6(14-7)8(11)12/h3,8H,1H2. The number of alkyl halides is 2. The summed E-state index contributed by atoms with van der Waals surface area (Å²) in [5.41, 5.74) is -0.645. The molecule has 0 fully saturated rings. The predicted molar refractivity (Wildman–Crippen MR) is 46.2 cm³/mol. The van der Waals surface area contributed by atoms with E-state index in [1.165, 1.54) is 0 Å². The van der Waals surface area contributed by atoms with Crippen molar-refractivity contribution in [3.63, 3.8) is 0 Å². The number of rotatable bonds is 2. The van der Waals surface area contributed by atoms with Gasteiger partial charge in [-0.05, 0) is 22.0 Å². The lowest BCUT2D eigenvalue weighted by atomic mass is 10.2. The van der Waals surface area contributed by atoms with Gasteiger partial charge >= 0.3 is 0 Å². The summed E-state index contributed by atoms with van der Waals surface area (Å²) in [6.07, 6.45) is -3.03. The van der Waals surface area contributed by atoms with Crippen molar-refractivity contribution in [3.05, 3.63) is 27.7 Å². The van der Waals surface area contributed by atoms with Gasteiger partial charge in [-0.1, -0.05) is 0 Å². The molecule has 0 aliphatic carbocycles. The first-order valence-corrected chi connectivity index (χ1v) is 4.35. The molecule has 0 radical (unpaired) electrons. The van der Waals surface area contributed by atoms with E-state index in [4.69, 9.17) is 5.26 Å². The van der Waals surface area contributed by atoms with Crippen LogP contribution in [0.5, 0.6) is 0 Å². The molecule has 0 bridgehead atoms. The van der Waals surface area contributed by atoms with Crippen LogP contribution in [-0.4, -0.2) is 4.98 Å². The van der Waals surface area contributed by atoms with Gasteiger partial charge in [0.05, 0.1) is 12.5 Å². The van der Waals surface area contributed by atoms with Crippen molar-refractivity contribution in [2.45, 2.75) is 12.8 Å². The lowest BCUT2D eigenvalue weighted by Gasteiger charge is -2.04. The molecule has 1 aromatic rings. The van der Waals surface area contributed by atoms with Crippen LogP contribution in [-0.2, 0) is 6.42 Å². The Hall–Kier alpha value is -1.09. The Balaban J connectivity index is 3.18. The van der Waals surface area contributed by atoms with E-state index in [1.54, 1.807) is 6.07 Å². The zero-order valence-corrected chi connectivity index (χ0v) is 8.35. The van der Waals surface area contributed by atoms with Crippen molar-refractivity contribution >= 4 is 15.9 Å². The molecule has 14 heavy (non-hydrogen) atoms. The van der Waals surface area contributed by atoms with E-state index in [1.807, 2.05) is 0 Å². The van der Waals surface area contributed by atoms with E-state index in [9.17, 15) is 13.2 Å². The molecular formula is C8H4BrF3N2. The topological polar surface area (TPSA) is 36.7 Å². The molecule has 0 N–H and O–H groups in total. The van der Waals surface area contributed by atoms with Gasteiger partial charge in [-0.3, -0.25) is 0 Å². The maximum atomic E-state index is 12.9. The highest BCUT2D eigenvalue weighted by Gasteiger charge is 2.17. The third-order valence-electron chi connectivity index (χ3n) is 1.51. The predicted octanol–water partition coefficient (Wildman–Crippen LogP) is 2.99. The molecule has 1 rings (SSSR count). The largest absolute Gasteiger partial charge is 0.283 e. The number of aromatic nitrogens is 1. The first-order valence-electron chi connectivity index (χ1n) is 3.56. The SMILES string of the molecule is N#CCc1cc(F)c(C(F)F)nc1Br. The van der Waals surface area contributed by atoms with E-state index in [-0.39, 0.29) is 16.6 Å². The molecule has 0 amide bonds. The molecule has 0 spiro atoms. The minimum atomic E-state index is -2.96. The second kappa shape index (κ2) is 4.42. The smallest absolute Gasteiger partial charge is 0.236 e. The zero-order valence-electron chi connectivity index (χ0n) is 6.77. The molecule has 2 nitrogen and oxygen atoms in total. The van der Waals surface area contributed by atoms with E-state index >= 15 is 0 Å². The van der Waals surface area contributed by atoms with Gasteiger partial charge in [-0.15, -0.1) is 0 Å². The van der Waals surface area contributed by atoms with E-state index < -0.39 is 17.9 Å². The molecule has 1 aromatic heterocycles. The highest BCUT2D eigenvalue weighted by atomic mass is 79.9. The maximum Gasteiger partial charge on any atom is 0.283 e. The molecule has 0 saturated carbocycles. The number of nitrogens with zero attached hydrogens (tertiary/aromatic N) is 2. The molecule has 6 heteroatoms. The zero-order chi connectivity index (χ0) is 10.7. The quantitative estimate of drug-likeness (QED) is 0.771. The summed E-state index contributed by atoms with van der Waals surface area (Å²) < 4.78 is 37.3. The third kappa shape index (κ3) is 2.23. The van der Waals surface area contributed by atoms with Gasteiger partial charge in [0.25, 0.3) is 6.43 Å². The Morgan fingerprint density at radius 1 is 1.57 bits per heavy atom. The molecular weight excluding hydrogens is 261 g/mol. The van der Waals surface area contributed by atoms with Crippen molar-refractivity contribution in [2.75, 3.05) is 0 Å². The lowest BCUT2D eigenvalue weighted by molar-refractivity contribution is 0.140. The maximum absolute atomic E-state index is 12.9. The first kappa shape index (κ1) is 11.0. The van der Waals surface area contributed by atoms with Crippen molar-refractivity contribution in [1.82, 2.24) is 4.98 Å². The van der Waals surface area contributed by atoms with Gasteiger partial charge in [-0.2, -0.15) is 5.26 Å². The van der Waals surface area contributed by atoms with Crippen molar-refractivity contribution in [3.8, 4) is 6.07 Å². The molecule has 0 aliphatic heterocycles. The average Bonchev–Trinajstić information content (AvgIpc) is 2.10. The number of hydrogen-bond acceptors (Lipinski definition) is 2. The molecule has 0 aliphatic rings. The van der Waals surface area contributed by atoms with Crippen LogP contribution in [0, 0.1) is 17.1 Å². The summed E-state index contributed by atoms with van der Waals surface area (Å²) in [5.74, 6) is -1.09. The summed E-state index contributed by atoms with van der Waals surface area (Å²) in [6, 6.07) is 2.67. The average molecular weight is 265 g/mol. The number of nitriles is 1. The van der Waals surface area contributed by atoms with Crippen LogP contribution in [0.15, 0.2) is 10.7 Å². The fourth-order valence-electron chi connectivity index (χ4n) is 0.880. The van der Waals surface area contributed by atoms with Gasteiger partial charge in [0.1, 0.15) is 10.3 Å². The molecule has 0 aromatic carbocycles. The Morgan fingerprint density at radius 3 is 2.71 bits per heavy atom. The van der Waals surface area contributed by atoms with Gasteiger partial charge in [0, 0.05) is 5.56 Å². The summed E-state index contributed by atoms with van der Waals surface area (Å²) >= 11 is 2.89. The Bertz CT molecular complexity index is 387.